The summed E-state index contributed by atoms with van der Waals surface area (Å²) < 4.78 is 16.9. The van der Waals surface area contributed by atoms with Crippen molar-refractivity contribution in [2.45, 2.75) is 27.7 Å². The maximum Gasteiger partial charge on any atom is 0.153 e. The molecule has 0 spiro atoms. The van der Waals surface area contributed by atoms with Crippen LogP contribution in [0.3, 0.4) is 0 Å². The summed E-state index contributed by atoms with van der Waals surface area (Å²) >= 11 is 0. The third-order valence-corrected chi connectivity index (χ3v) is 6.63. The highest BCUT2D eigenvalue weighted by Crippen LogP contribution is 2.59. The van der Waals surface area contributed by atoms with Crippen molar-refractivity contribution in [1.82, 2.24) is 0 Å². The Morgan fingerprint density at radius 2 is 1.15 bits per heavy atom. The molecule has 0 heterocycles. The molecule has 0 aliphatic rings. The first kappa shape index (κ1) is 13.4. The Morgan fingerprint density at radius 1 is 0.846 bits per heavy atom. The predicted octanol–water partition coefficient (Wildman–Crippen LogP) is 2.28. The first-order chi connectivity index (χ1) is 6.04. The van der Waals surface area contributed by atoms with Gasteiger partial charge in [-0.2, -0.15) is 0 Å². The number of hydrogen-bond donors (Lipinski definition) is 0. The van der Waals surface area contributed by atoms with E-state index < -0.39 is 9.00 Å². The van der Waals surface area contributed by atoms with E-state index in [1.54, 1.807) is 0 Å². The Balaban J connectivity index is 4.70. The van der Waals surface area contributed by atoms with Gasteiger partial charge in [-0.3, -0.25) is 0 Å². The first-order valence-electron chi connectivity index (χ1n) is 4.69. The standard InChI is InChI=1S/C8H20O3SSi/c1-5-9-12(13,8-4,10-6-2)11-7-3/h5-8H2,1-4H3. The average Bonchev–Trinajstić information content (AvgIpc) is 2.06. The van der Waals surface area contributed by atoms with Crippen molar-refractivity contribution in [3.63, 3.8) is 0 Å². The second-order valence-electron chi connectivity index (χ2n) is 2.46. The van der Waals surface area contributed by atoms with Gasteiger partial charge in [-0.05, 0) is 29.8 Å². The molecule has 0 saturated heterocycles. The van der Waals surface area contributed by atoms with E-state index in [0.29, 0.717) is 25.6 Å². The van der Waals surface area contributed by atoms with Crippen LogP contribution in [0.2, 0.25) is 0 Å². The summed E-state index contributed by atoms with van der Waals surface area (Å²) in [6.45, 7) is 9.55. The predicted molar refractivity (Wildman–Crippen MR) is 58.8 cm³/mol. The lowest BCUT2D eigenvalue weighted by Gasteiger charge is -2.46. The molecule has 0 N–H and O–H groups in total. The number of rotatable bonds is 7. The van der Waals surface area contributed by atoms with E-state index in [-0.39, 0.29) is 0 Å². The summed E-state index contributed by atoms with van der Waals surface area (Å²) in [5, 5.41) is 0. The molecule has 0 aliphatic carbocycles. The molecule has 0 rings (SSSR count). The minimum Gasteiger partial charge on any atom is -0.305 e. The van der Waals surface area contributed by atoms with Crippen LogP contribution in [-0.2, 0) is 12.5 Å². The van der Waals surface area contributed by atoms with Gasteiger partial charge in [0.05, 0.1) is 19.8 Å². The van der Waals surface area contributed by atoms with Gasteiger partial charge in [-0.25, -0.2) is 0 Å². The third kappa shape index (κ3) is 3.59. The largest absolute Gasteiger partial charge is 0.305 e. The van der Waals surface area contributed by atoms with Crippen molar-refractivity contribution in [3.8, 4) is 0 Å². The molecule has 0 unspecified atom stereocenters. The first-order valence-corrected chi connectivity index (χ1v) is 7.90. The Kier molecular flexibility index (Phi) is 5.54. The van der Waals surface area contributed by atoms with Gasteiger partial charge >= 0.3 is 0 Å². The minimum absolute atomic E-state index is 0.583. The summed E-state index contributed by atoms with van der Waals surface area (Å²) in [5.41, 5.74) is 0. The molecule has 3 nitrogen and oxygen atoms in total. The van der Waals surface area contributed by atoms with Crippen LogP contribution in [0.1, 0.15) is 27.7 Å². The van der Waals surface area contributed by atoms with Crippen LogP contribution >= 0.6 is 9.00 Å². The van der Waals surface area contributed by atoms with Crippen molar-refractivity contribution < 1.29 is 12.5 Å². The highest BCUT2D eigenvalue weighted by atomic mass is 32.4. The van der Waals surface area contributed by atoms with Crippen LogP contribution in [-0.4, -0.2) is 34.5 Å². The fourth-order valence-corrected chi connectivity index (χ4v) is 4.26. The zero-order chi connectivity index (χ0) is 10.4. The molecule has 0 aromatic rings. The van der Waals surface area contributed by atoms with Crippen molar-refractivity contribution in [3.05, 3.63) is 0 Å². The second-order valence-corrected chi connectivity index (χ2v) is 8.01. The normalized spacial score (nSPS) is 15.2. The summed E-state index contributed by atoms with van der Waals surface area (Å²) in [6.07, 6.45) is 0. The summed E-state index contributed by atoms with van der Waals surface area (Å²) in [4.78, 5) is 0. The van der Waals surface area contributed by atoms with Crippen LogP contribution in [0, 0.1) is 0 Å². The Morgan fingerprint density at radius 3 is 1.31 bits per heavy atom. The Bertz CT molecular complexity index is 179. The third-order valence-electron chi connectivity index (χ3n) is 1.57. The lowest BCUT2D eigenvalue weighted by atomic mass is 10.9. The Labute approximate surface area is 84.2 Å². The van der Waals surface area contributed by atoms with E-state index in [2.05, 4.69) is 8.95 Å². The molecule has 0 amide bonds. The molecule has 0 aliphatic heterocycles. The lowest BCUT2D eigenvalue weighted by molar-refractivity contribution is 0.182. The smallest absolute Gasteiger partial charge is 0.153 e. The maximum atomic E-state index is 5.62. The molecule has 0 atom stereocenters. The topological polar surface area (TPSA) is 27.7 Å². The maximum absolute atomic E-state index is 5.62. The van der Waals surface area contributed by atoms with Gasteiger partial charge in [0.2, 0.25) is 0 Å². The van der Waals surface area contributed by atoms with Gasteiger partial charge in [-0.1, -0.05) is 6.92 Å². The SMILES string of the molecule is CCOS(=[Si])(CC)(OCC)OCC. The van der Waals surface area contributed by atoms with Gasteiger partial charge in [0.15, 0.2) is 8.95 Å². The monoisotopic (exact) mass is 224 g/mol. The van der Waals surface area contributed by atoms with E-state index in [1.807, 2.05) is 27.7 Å². The van der Waals surface area contributed by atoms with Crippen LogP contribution in [0.4, 0.5) is 0 Å². The van der Waals surface area contributed by atoms with Gasteiger partial charge in [-0.15, -0.1) is 0 Å². The highest BCUT2D eigenvalue weighted by molar-refractivity contribution is 8.39. The van der Waals surface area contributed by atoms with Crippen LogP contribution in [0.5, 0.6) is 0 Å². The van der Waals surface area contributed by atoms with Crippen molar-refractivity contribution in [2.75, 3.05) is 25.6 Å². The minimum atomic E-state index is -2.68. The fourth-order valence-electron chi connectivity index (χ4n) is 1.07. The molecule has 2 radical (unpaired) electrons. The molecular formula is C8H20O3SSi. The van der Waals surface area contributed by atoms with E-state index in [0.717, 1.165) is 0 Å². The molecule has 13 heavy (non-hydrogen) atoms. The van der Waals surface area contributed by atoms with Gasteiger partial charge in [0, 0.05) is 5.75 Å². The summed E-state index contributed by atoms with van der Waals surface area (Å²) in [5.74, 6) is 0.698. The fraction of sp³-hybridized carbons (Fsp3) is 1.00. The second kappa shape index (κ2) is 5.36. The zero-order valence-corrected chi connectivity index (χ0v) is 10.8. The number of hydrogen-bond acceptors (Lipinski definition) is 3. The van der Waals surface area contributed by atoms with Gasteiger partial charge < -0.3 is 12.5 Å². The quantitative estimate of drug-likeness (QED) is 0.621. The summed E-state index contributed by atoms with van der Waals surface area (Å²) in [6, 6.07) is 0. The van der Waals surface area contributed by atoms with E-state index in [1.165, 1.54) is 0 Å². The lowest BCUT2D eigenvalue weighted by Crippen LogP contribution is -2.22. The van der Waals surface area contributed by atoms with Crippen LogP contribution < -0.4 is 0 Å². The molecule has 0 aromatic heterocycles. The Hall–Kier alpha value is 0.447. The molecular weight excluding hydrogens is 204 g/mol. The molecule has 0 saturated carbocycles. The average molecular weight is 224 g/mol. The molecule has 0 aromatic carbocycles. The van der Waals surface area contributed by atoms with Crippen molar-refractivity contribution >= 4 is 18.0 Å². The van der Waals surface area contributed by atoms with E-state index >= 15 is 0 Å². The molecule has 0 fully saturated rings. The van der Waals surface area contributed by atoms with Gasteiger partial charge in [0.1, 0.15) is 0 Å². The van der Waals surface area contributed by atoms with Crippen molar-refractivity contribution in [1.29, 1.82) is 0 Å². The van der Waals surface area contributed by atoms with Crippen molar-refractivity contribution in [2.24, 2.45) is 0 Å². The highest BCUT2D eigenvalue weighted by Gasteiger charge is 2.28. The molecule has 80 valence electrons. The van der Waals surface area contributed by atoms with E-state index in [4.69, 9.17) is 12.5 Å². The molecule has 5 heteroatoms. The van der Waals surface area contributed by atoms with E-state index in [9.17, 15) is 0 Å². The van der Waals surface area contributed by atoms with Crippen LogP contribution in [0.15, 0.2) is 0 Å². The van der Waals surface area contributed by atoms with Gasteiger partial charge in [0.25, 0.3) is 0 Å². The molecule has 0 bridgehead atoms. The zero-order valence-electron chi connectivity index (χ0n) is 8.96. The summed E-state index contributed by atoms with van der Waals surface area (Å²) in [7, 11) is 0.893. The van der Waals surface area contributed by atoms with Crippen LogP contribution in [0.25, 0.3) is 0 Å².